The van der Waals surface area contributed by atoms with E-state index in [1.54, 1.807) is 0 Å². The molecule has 2 aromatic rings. The van der Waals surface area contributed by atoms with Gasteiger partial charge in [-0.3, -0.25) is 4.79 Å². The summed E-state index contributed by atoms with van der Waals surface area (Å²) in [6.07, 6.45) is 0. The van der Waals surface area contributed by atoms with Crippen LogP contribution < -0.4 is 5.32 Å². The van der Waals surface area contributed by atoms with E-state index in [-0.39, 0.29) is 40.0 Å². The Labute approximate surface area is 144 Å². The number of aryl methyl sites for hydroxylation is 2. The Morgan fingerprint density at radius 3 is 2.32 bits per heavy atom. The van der Waals surface area contributed by atoms with Gasteiger partial charge in [-0.15, -0.1) is 0 Å². The van der Waals surface area contributed by atoms with Crippen molar-refractivity contribution in [2.75, 3.05) is 14.1 Å². The van der Waals surface area contributed by atoms with E-state index in [2.05, 4.69) is 5.32 Å². The zero-order valence-corrected chi connectivity index (χ0v) is 14.9. The van der Waals surface area contributed by atoms with Gasteiger partial charge in [0.15, 0.2) is 5.76 Å². The molecule has 0 fully saturated rings. The van der Waals surface area contributed by atoms with Crippen molar-refractivity contribution in [2.24, 2.45) is 0 Å². The van der Waals surface area contributed by atoms with Crippen molar-refractivity contribution in [2.45, 2.75) is 25.3 Å². The lowest BCUT2D eigenvalue weighted by molar-refractivity contribution is 0.0694. The smallest absolute Gasteiger partial charge is 0.339 e. The highest BCUT2D eigenvalue weighted by Crippen LogP contribution is 2.22. The van der Waals surface area contributed by atoms with Crippen LogP contribution in [0.25, 0.3) is 0 Å². The minimum absolute atomic E-state index is 0.0115. The number of carbonyl (C=O) groups excluding carboxylic acids is 1. The minimum atomic E-state index is -3.72. The monoisotopic (exact) mass is 370 g/mol. The lowest BCUT2D eigenvalue weighted by atomic mass is 10.2. The second-order valence-corrected chi connectivity index (χ2v) is 7.61. The fourth-order valence-corrected chi connectivity index (χ4v) is 3.18. The van der Waals surface area contributed by atoms with Gasteiger partial charge in [0.25, 0.3) is 5.91 Å². The molecule has 0 radical (unpaired) electrons. The van der Waals surface area contributed by atoms with Crippen LogP contribution in [0.15, 0.2) is 25.9 Å². The first kappa shape index (κ1) is 18.7. The standard InChI is InChI=1S/C15H18N2O7S/c1-8-11(15(19)20)5-10(23-8)7-16-14(18)12-6-13(9(2)24-12)25(21,22)17(3)4/h5-6H,7H2,1-4H3,(H,16,18)(H,19,20). The van der Waals surface area contributed by atoms with Gasteiger partial charge in [-0.25, -0.2) is 17.5 Å². The summed E-state index contributed by atoms with van der Waals surface area (Å²) in [5.41, 5.74) is 0.0115. The summed E-state index contributed by atoms with van der Waals surface area (Å²) < 4.78 is 35.8. The first-order valence-corrected chi connectivity index (χ1v) is 8.61. The highest BCUT2D eigenvalue weighted by Gasteiger charge is 2.26. The van der Waals surface area contributed by atoms with Crippen LogP contribution in [0.3, 0.4) is 0 Å². The predicted octanol–water partition coefficient (Wildman–Crippen LogP) is 1.37. The molecule has 0 aliphatic heterocycles. The van der Waals surface area contributed by atoms with E-state index < -0.39 is 21.9 Å². The number of carboxylic acid groups (broad SMARTS) is 1. The molecule has 0 bridgehead atoms. The van der Waals surface area contributed by atoms with E-state index in [1.807, 2.05) is 0 Å². The van der Waals surface area contributed by atoms with Crippen LogP contribution >= 0.6 is 0 Å². The molecule has 2 aromatic heterocycles. The van der Waals surface area contributed by atoms with Gasteiger partial charge in [-0.1, -0.05) is 0 Å². The Balaban J connectivity index is 2.15. The van der Waals surface area contributed by atoms with Crippen molar-refractivity contribution in [3.63, 3.8) is 0 Å². The van der Waals surface area contributed by atoms with Crippen molar-refractivity contribution < 1.29 is 31.9 Å². The minimum Gasteiger partial charge on any atom is -0.478 e. The fraction of sp³-hybridized carbons (Fsp3) is 0.333. The topological polar surface area (TPSA) is 130 Å². The van der Waals surface area contributed by atoms with E-state index in [0.29, 0.717) is 0 Å². The summed E-state index contributed by atoms with van der Waals surface area (Å²) >= 11 is 0. The maximum absolute atomic E-state index is 12.1. The summed E-state index contributed by atoms with van der Waals surface area (Å²) in [5, 5.41) is 11.5. The van der Waals surface area contributed by atoms with E-state index in [4.69, 9.17) is 13.9 Å². The summed E-state index contributed by atoms with van der Waals surface area (Å²) in [6.45, 7) is 2.88. The van der Waals surface area contributed by atoms with E-state index in [9.17, 15) is 18.0 Å². The van der Waals surface area contributed by atoms with Gasteiger partial charge in [0, 0.05) is 20.2 Å². The number of nitrogens with one attached hydrogen (secondary N) is 1. The van der Waals surface area contributed by atoms with Crippen molar-refractivity contribution in [1.82, 2.24) is 9.62 Å². The van der Waals surface area contributed by atoms with Crippen molar-refractivity contribution in [1.29, 1.82) is 0 Å². The SMILES string of the molecule is Cc1oc(CNC(=O)c2cc(S(=O)(=O)N(C)C)c(C)o2)cc1C(=O)O. The summed E-state index contributed by atoms with van der Waals surface area (Å²) in [5.74, 6) is -1.36. The maximum Gasteiger partial charge on any atom is 0.339 e. The highest BCUT2D eigenvalue weighted by atomic mass is 32.2. The zero-order chi connectivity index (χ0) is 18.9. The van der Waals surface area contributed by atoms with Crippen LogP contribution in [-0.4, -0.2) is 43.8 Å². The number of hydrogen-bond acceptors (Lipinski definition) is 6. The first-order chi connectivity index (χ1) is 11.5. The van der Waals surface area contributed by atoms with E-state index >= 15 is 0 Å². The van der Waals surface area contributed by atoms with Gasteiger partial charge in [0.1, 0.15) is 27.7 Å². The van der Waals surface area contributed by atoms with E-state index in [1.165, 1.54) is 34.0 Å². The number of amides is 1. The van der Waals surface area contributed by atoms with Gasteiger partial charge >= 0.3 is 5.97 Å². The number of sulfonamides is 1. The normalized spacial score (nSPS) is 11.7. The Morgan fingerprint density at radius 2 is 1.80 bits per heavy atom. The average Bonchev–Trinajstić information content (AvgIpc) is 3.08. The number of hydrogen-bond donors (Lipinski definition) is 2. The number of carbonyl (C=O) groups is 2. The third kappa shape index (κ3) is 3.74. The molecule has 1 amide bonds. The third-order valence-corrected chi connectivity index (χ3v) is 5.40. The molecule has 0 aliphatic carbocycles. The molecule has 0 saturated carbocycles. The lowest BCUT2D eigenvalue weighted by Crippen LogP contribution is -2.23. The summed E-state index contributed by atoms with van der Waals surface area (Å²) in [6, 6.07) is 2.46. The van der Waals surface area contributed by atoms with Crippen LogP contribution in [0.5, 0.6) is 0 Å². The van der Waals surface area contributed by atoms with Gasteiger partial charge in [-0.2, -0.15) is 0 Å². The fourth-order valence-electron chi connectivity index (χ4n) is 2.13. The Kier molecular flexibility index (Phi) is 5.04. The average molecular weight is 370 g/mol. The molecule has 136 valence electrons. The lowest BCUT2D eigenvalue weighted by Gasteiger charge is -2.09. The number of rotatable bonds is 6. The van der Waals surface area contributed by atoms with Crippen LogP contribution in [0.2, 0.25) is 0 Å². The van der Waals surface area contributed by atoms with Crippen LogP contribution in [0.1, 0.15) is 38.2 Å². The predicted molar refractivity (Wildman–Crippen MR) is 85.9 cm³/mol. The van der Waals surface area contributed by atoms with Gasteiger partial charge in [0.2, 0.25) is 10.0 Å². The van der Waals surface area contributed by atoms with Crippen LogP contribution in [-0.2, 0) is 16.6 Å². The molecule has 0 saturated heterocycles. The van der Waals surface area contributed by atoms with Gasteiger partial charge in [0.05, 0.1) is 6.54 Å². The Morgan fingerprint density at radius 1 is 1.16 bits per heavy atom. The molecule has 2 N–H and O–H groups in total. The molecule has 0 aliphatic rings. The summed E-state index contributed by atoms with van der Waals surface area (Å²) in [7, 11) is -0.972. The molecule has 0 unspecified atom stereocenters. The molecule has 0 spiro atoms. The van der Waals surface area contributed by atoms with Crippen molar-refractivity contribution in [3.8, 4) is 0 Å². The molecule has 2 heterocycles. The van der Waals surface area contributed by atoms with Crippen molar-refractivity contribution >= 4 is 21.9 Å². The quantitative estimate of drug-likeness (QED) is 0.785. The van der Waals surface area contributed by atoms with Crippen LogP contribution in [0, 0.1) is 13.8 Å². The highest BCUT2D eigenvalue weighted by molar-refractivity contribution is 7.89. The second kappa shape index (κ2) is 6.73. The van der Waals surface area contributed by atoms with Crippen molar-refractivity contribution in [3.05, 3.63) is 40.7 Å². The molecular weight excluding hydrogens is 352 g/mol. The number of aromatic carboxylic acids is 1. The number of furan rings is 2. The first-order valence-electron chi connectivity index (χ1n) is 7.17. The molecule has 2 rings (SSSR count). The third-order valence-electron chi connectivity index (χ3n) is 3.48. The summed E-state index contributed by atoms with van der Waals surface area (Å²) in [4.78, 5) is 23.0. The largest absolute Gasteiger partial charge is 0.478 e. The number of carboxylic acids is 1. The van der Waals surface area contributed by atoms with Gasteiger partial charge < -0.3 is 19.3 Å². The molecule has 0 aromatic carbocycles. The second-order valence-electron chi connectivity index (χ2n) is 5.49. The van der Waals surface area contributed by atoms with E-state index in [0.717, 1.165) is 10.4 Å². The molecule has 9 nitrogen and oxygen atoms in total. The molecule has 25 heavy (non-hydrogen) atoms. The molecule has 0 atom stereocenters. The van der Waals surface area contributed by atoms with Gasteiger partial charge in [-0.05, 0) is 19.9 Å². The zero-order valence-electron chi connectivity index (χ0n) is 14.1. The number of nitrogens with zero attached hydrogens (tertiary/aromatic N) is 1. The molecule has 10 heteroatoms. The Bertz CT molecular complexity index is 922. The molecular formula is C15H18N2O7S. The Hall–Kier alpha value is -2.59. The van der Waals surface area contributed by atoms with Crippen LogP contribution in [0.4, 0.5) is 0 Å². The maximum atomic E-state index is 12.1.